The summed E-state index contributed by atoms with van der Waals surface area (Å²) < 4.78 is 9.73. The number of aromatic nitrogens is 1. The summed E-state index contributed by atoms with van der Waals surface area (Å²) in [4.78, 5) is 37.9. The summed E-state index contributed by atoms with van der Waals surface area (Å²) in [6.07, 6.45) is 3.84. The number of amides is 3. The molecule has 27 heavy (non-hydrogen) atoms. The van der Waals surface area contributed by atoms with Crippen molar-refractivity contribution in [2.24, 2.45) is 0 Å². The third-order valence-corrected chi connectivity index (χ3v) is 5.43. The Labute approximate surface area is 160 Å². The normalized spacial score (nSPS) is 13.4. The van der Waals surface area contributed by atoms with Crippen molar-refractivity contribution in [3.05, 3.63) is 33.5 Å². The number of thiophene rings is 1. The maximum atomic E-state index is 12.7. The lowest BCUT2D eigenvalue weighted by molar-refractivity contribution is 0.0925. The summed E-state index contributed by atoms with van der Waals surface area (Å²) in [7, 11) is 0. The van der Waals surface area contributed by atoms with E-state index in [2.05, 4.69) is 15.8 Å². The molecule has 0 saturated carbocycles. The average molecular weight is 391 g/mol. The van der Waals surface area contributed by atoms with Crippen LogP contribution in [0.5, 0.6) is 0 Å². The first-order valence-corrected chi connectivity index (χ1v) is 9.68. The SMILES string of the molecule is CCOC(=O)NC(=O)c1c(NC(=O)c2cc(C)on2)sc2c1CCCCC2. The first kappa shape index (κ1) is 19.1. The van der Waals surface area contributed by atoms with E-state index in [1.807, 2.05) is 0 Å². The molecule has 1 aliphatic rings. The number of imide groups is 1. The fourth-order valence-corrected chi connectivity index (χ4v) is 4.32. The molecule has 144 valence electrons. The minimum atomic E-state index is -0.805. The zero-order chi connectivity index (χ0) is 19.4. The van der Waals surface area contributed by atoms with Crippen LogP contribution in [0.2, 0.25) is 0 Å². The van der Waals surface area contributed by atoms with Crippen molar-refractivity contribution in [1.29, 1.82) is 0 Å². The Morgan fingerprint density at radius 1 is 1.22 bits per heavy atom. The Bertz CT molecular complexity index is 870. The molecule has 1 aliphatic carbocycles. The molecule has 0 unspecified atom stereocenters. The largest absolute Gasteiger partial charge is 0.450 e. The van der Waals surface area contributed by atoms with Gasteiger partial charge >= 0.3 is 6.09 Å². The first-order valence-electron chi connectivity index (χ1n) is 8.87. The first-order chi connectivity index (χ1) is 13.0. The number of rotatable bonds is 4. The lowest BCUT2D eigenvalue weighted by atomic mass is 10.0. The standard InChI is InChI=1S/C18H21N3O5S/c1-3-25-18(24)20-16(23)14-11-7-5-4-6-8-13(11)27-17(14)19-15(22)12-9-10(2)26-21-12/h9H,3-8H2,1-2H3,(H,19,22)(H,20,23,24). The van der Waals surface area contributed by atoms with Crippen LogP contribution in [-0.4, -0.2) is 29.7 Å². The number of carbonyl (C=O) groups is 3. The van der Waals surface area contributed by atoms with Gasteiger partial charge in [0.05, 0.1) is 12.2 Å². The monoisotopic (exact) mass is 391 g/mol. The third-order valence-electron chi connectivity index (χ3n) is 4.23. The molecular formula is C18H21N3O5S. The van der Waals surface area contributed by atoms with Crippen LogP contribution in [0.15, 0.2) is 10.6 Å². The average Bonchev–Trinajstić information content (AvgIpc) is 3.11. The number of aryl methyl sites for hydroxylation is 2. The van der Waals surface area contributed by atoms with E-state index in [9.17, 15) is 14.4 Å². The van der Waals surface area contributed by atoms with Crippen LogP contribution < -0.4 is 10.6 Å². The van der Waals surface area contributed by atoms with Crippen LogP contribution in [0, 0.1) is 6.92 Å². The van der Waals surface area contributed by atoms with Crippen molar-refractivity contribution in [3.63, 3.8) is 0 Å². The van der Waals surface area contributed by atoms with Crippen LogP contribution in [0.4, 0.5) is 9.80 Å². The number of fused-ring (bicyclic) bond motifs is 1. The minimum absolute atomic E-state index is 0.132. The predicted octanol–water partition coefficient (Wildman–Crippen LogP) is 3.45. The summed E-state index contributed by atoms with van der Waals surface area (Å²) in [5.41, 5.74) is 1.36. The van der Waals surface area contributed by atoms with Gasteiger partial charge in [0.15, 0.2) is 5.69 Å². The summed E-state index contributed by atoms with van der Waals surface area (Å²) in [5.74, 6) is -0.518. The molecule has 3 rings (SSSR count). The van der Waals surface area contributed by atoms with Gasteiger partial charge in [0.25, 0.3) is 11.8 Å². The Kier molecular flexibility index (Phi) is 5.90. The van der Waals surface area contributed by atoms with E-state index in [0.717, 1.165) is 42.5 Å². The van der Waals surface area contributed by atoms with Gasteiger partial charge in [-0.1, -0.05) is 11.6 Å². The molecule has 2 heterocycles. The lowest BCUT2D eigenvalue weighted by Crippen LogP contribution is -2.32. The highest BCUT2D eigenvalue weighted by molar-refractivity contribution is 7.17. The third kappa shape index (κ3) is 4.36. The fourth-order valence-electron chi connectivity index (χ4n) is 3.03. The molecule has 0 aliphatic heterocycles. The van der Waals surface area contributed by atoms with E-state index in [0.29, 0.717) is 16.3 Å². The molecule has 2 aromatic rings. The van der Waals surface area contributed by atoms with Crippen LogP contribution in [0.1, 0.15) is 63.2 Å². The molecule has 3 amide bonds. The molecule has 2 aromatic heterocycles. The second kappa shape index (κ2) is 8.34. The Hall–Kier alpha value is -2.68. The lowest BCUT2D eigenvalue weighted by Gasteiger charge is -2.08. The van der Waals surface area contributed by atoms with Crippen LogP contribution in [-0.2, 0) is 17.6 Å². The highest BCUT2D eigenvalue weighted by Crippen LogP contribution is 2.37. The number of carbonyl (C=O) groups excluding carboxylic acids is 3. The number of nitrogens with one attached hydrogen (secondary N) is 2. The number of hydrogen-bond acceptors (Lipinski definition) is 7. The van der Waals surface area contributed by atoms with Gasteiger partial charge in [-0.15, -0.1) is 11.3 Å². The molecule has 0 radical (unpaired) electrons. The number of anilines is 1. The molecule has 0 spiro atoms. The van der Waals surface area contributed by atoms with E-state index in [1.54, 1.807) is 13.8 Å². The summed E-state index contributed by atoms with van der Waals surface area (Å²) >= 11 is 1.37. The smallest absolute Gasteiger partial charge is 0.414 e. The quantitative estimate of drug-likeness (QED) is 0.772. The van der Waals surface area contributed by atoms with Crippen LogP contribution >= 0.6 is 11.3 Å². The topological polar surface area (TPSA) is 111 Å². The highest BCUT2D eigenvalue weighted by Gasteiger charge is 2.27. The number of nitrogens with zero attached hydrogens (tertiary/aromatic N) is 1. The van der Waals surface area contributed by atoms with Gasteiger partial charge < -0.3 is 14.6 Å². The number of alkyl carbamates (subject to hydrolysis) is 1. The van der Waals surface area contributed by atoms with Gasteiger partial charge in [0.2, 0.25) is 0 Å². The van der Waals surface area contributed by atoms with E-state index < -0.39 is 17.9 Å². The number of ether oxygens (including phenoxy) is 1. The summed E-state index contributed by atoms with van der Waals surface area (Å²) in [6, 6.07) is 1.52. The Morgan fingerprint density at radius 2 is 2.00 bits per heavy atom. The summed E-state index contributed by atoms with van der Waals surface area (Å²) in [5, 5.41) is 9.09. The van der Waals surface area contributed by atoms with Crippen LogP contribution in [0.3, 0.4) is 0 Å². The Balaban J connectivity index is 1.91. The van der Waals surface area contributed by atoms with Gasteiger partial charge in [-0.3, -0.25) is 14.9 Å². The van der Waals surface area contributed by atoms with Gasteiger partial charge in [-0.2, -0.15) is 0 Å². The molecule has 2 N–H and O–H groups in total. The van der Waals surface area contributed by atoms with Gasteiger partial charge in [-0.05, 0) is 45.1 Å². The fraction of sp³-hybridized carbons (Fsp3) is 0.444. The second-order valence-corrected chi connectivity index (χ2v) is 7.33. The van der Waals surface area contributed by atoms with Crippen LogP contribution in [0.25, 0.3) is 0 Å². The molecule has 8 nitrogen and oxygen atoms in total. The second-order valence-electron chi connectivity index (χ2n) is 6.22. The van der Waals surface area contributed by atoms with Crippen molar-refractivity contribution < 1.29 is 23.6 Å². The van der Waals surface area contributed by atoms with Gasteiger partial charge in [0.1, 0.15) is 10.8 Å². The Morgan fingerprint density at radius 3 is 2.70 bits per heavy atom. The van der Waals surface area contributed by atoms with Crippen molar-refractivity contribution in [2.45, 2.75) is 46.0 Å². The maximum absolute atomic E-state index is 12.7. The minimum Gasteiger partial charge on any atom is -0.450 e. The van der Waals surface area contributed by atoms with Gasteiger partial charge in [-0.25, -0.2) is 4.79 Å². The molecule has 9 heteroatoms. The zero-order valence-corrected chi connectivity index (χ0v) is 16.0. The number of hydrogen-bond donors (Lipinski definition) is 2. The van der Waals surface area contributed by atoms with E-state index >= 15 is 0 Å². The van der Waals surface area contributed by atoms with Crippen molar-refractivity contribution in [1.82, 2.24) is 10.5 Å². The molecular weight excluding hydrogens is 370 g/mol. The molecule has 0 bridgehead atoms. The molecule has 0 saturated heterocycles. The van der Waals surface area contributed by atoms with E-state index in [-0.39, 0.29) is 12.3 Å². The van der Waals surface area contributed by atoms with Crippen molar-refractivity contribution in [2.75, 3.05) is 11.9 Å². The van der Waals surface area contributed by atoms with E-state index in [4.69, 9.17) is 9.26 Å². The molecule has 0 atom stereocenters. The van der Waals surface area contributed by atoms with Gasteiger partial charge in [0, 0.05) is 10.9 Å². The highest BCUT2D eigenvalue weighted by atomic mass is 32.1. The van der Waals surface area contributed by atoms with Crippen molar-refractivity contribution in [3.8, 4) is 0 Å². The predicted molar refractivity (Wildman–Crippen MR) is 99.3 cm³/mol. The molecule has 0 aromatic carbocycles. The van der Waals surface area contributed by atoms with Crippen molar-refractivity contribution >= 4 is 34.2 Å². The molecule has 0 fully saturated rings. The zero-order valence-electron chi connectivity index (χ0n) is 15.2. The summed E-state index contributed by atoms with van der Waals surface area (Å²) in [6.45, 7) is 3.51. The maximum Gasteiger partial charge on any atom is 0.414 e. The van der Waals surface area contributed by atoms with E-state index in [1.165, 1.54) is 17.4 Å².